The Morgan fingerprint density at radius 3 is 2.17 bits per heavy atom. The number of nitrogens with one attached hydrogen (secondary N) is 1. The fraction of sp³-hybridized carbons (Fsp3) is 0.792. The first-order valence-electron chi connectivity index (χ1n) is 11.2. The van der Waals surface area contributed by atoms with Crippen LogP contribution >= 0.6 is 0 Å². The molecule has 1 saturated carbocycles. The largest absolute Gasteiger partial charge is 0.478 e. The van der Waals surface area contributed by atoms with Crippen LogP contribution < -0.4 is 5.32 Å². The fourth-order valence-corrected chi connectivity index (χ4v) is 4.28. The van der Waals surface area contributed by atoms with Crippen LogP contribution in [0.15, 0.2) is 11.6 Å². The van der Waals surface area contributed by atoms with Crippen LogP contribution in [-0.4, -0.2) is 46.9 Å². The van der Waals surface area contributed by atoms with Crippen molar-refractivity contribution in [1.29, 1.82) is 0 Å². The molecule has 0 aromatic rings. The predicted octanol–water partition coefficient (Wildman–Crippen LogP) is 4.10. The van der Waals surface area contributed by atoms with Crippen LogP contribution in [0.4, 0.5) is 0 Å². The van der Waals surface area contributed by atoms with Crippen molar-refractivity contribution >= 4 is 17.8 Å². The molecule has 1 fully saturated rings. The first-order valence-corrected chi connectivity index (χ1v) is 11.2. The number of rotatable bonds is 7. The van der Waals surface area contributed by atoms with Crippen LogP contribution in [0.3, 0.4) is 0 Å². The summed E-state index contributed by atoms with van der Waals surface area (Å²) >= 11 is 0. The van der Waals surface area contributed by atoms with Crippen molar-refractivity contribution < 1.29 is 19.5 Å². The Morgan fingerprint density at radius 1 is 1.13 bits per heavy atom. The molecule has 4 unspecified atom stereocenters. The maximum absolute atomic E-state index is 13.5. The van der Waals surface area contributed by atoms with Gasteiger partial charge in [0.2, 0.25) is 11.8 Å². The zero-order chi connectivity index (χ0) is 23.4. The van der Waals surface area contributed by atoms with Gasteiger partial charge in [0, 0.05) is 18.5 Å². The van der Waals surface area contributed by atoms with E-state index in [0.717, 1.165) is 19.3 Å². The van der Waals surface area contributed by atoms with E-state index < -0.39 is 17.4 Å². The standard InChI is InChI=1S/C24H42N2O4/c1-14(2)19(13-16(4)23(29)30)26(9)22(28)20(24(6,7)8)25-21(27)18-12-10-11-15(3)17(18)5/h13-15,17-20H,10-12H2,1-9H3,(H,25,27)(H,29,30)/b16-13+/t15?,17?,18?,19-,20?/m1/s1. The van der Waals surface area contributed by atoms with E-state index in [0.29, 0.717) is 5.92 Å². The number of carboxylic acids is 1. The number of nitrogens with zero attached hydrogens (tertiary/aromatic N) is 1. The highest BCUT2D eigenvalue weighted by Crippen LogP contribution is 2.35. The average Bonchev–Trinajstić information content (AvgIpc) is 2.63. The van der Waals surface area contributed by atoms with Gasteiger partial charge >= 0.3 is 5.97 Å². The van der Waals surface area contributed by atoms with E-state index >= 15 is 0 Å². The average molecular weight is 423 g/mol. The number of carboxylic acid groups (broad SMARTS) is 1. The molecule has 2 amide bonds. The van der Waals surface area contributed by atoms with Crippen molar-refractivity contribution in [2.75, 3.05) is 7.05 Å². The van der Waals surface area contributed by atoms with Crippen molar-refractivity contribution in [1.82, 2.24) is 10.2 Å². The Bertz CT molecular complexity index is 663. The van der Waals surface area contributed by atoms with Gasteiger partial charge in [0.15, 0.2) is 0 Å². The van der Waals surface area contributed by atoms with Gasteiger partial charge in [-0.3, -0.25) is 9.59 Å². The molecule has 0 aliphatic heterocycles. The minimum absolute atomic E-state index is 0.0313. The van der Waals surface area contributed by atoms with Gasteiger partial charge in [0.25, 0.3) is 0 Å². The van der Waals surface area contributed by atoms with Crippen molar-refractivity contribution in [2.24, 2.45) is 29.1 Å². The van der Waals surface area contributed by atoms with E-state index in [-0.39, 0.29) is 41.2 Å². The maximum Gasteiger partial charge on any atom is 0.331 e. The van der Waals surface area contributed by atoms with E-state index in [4.69, 9.17) is 0 Å². The molecule has 1 rings (SSSR count). The molecule has 5 atom stereocenters. The molecule has 2 N–H and O–H groups in total. The van der Waals surface area contributed by atoms with Gasteiger partial charge in [-0.1, -0.05) is 67.4 Å². The fourth-order valence-electron chi connectivity index (χ4n) is 4.28. The lowest BCUT2D eigenvalue weighted by molar-refractivity contribution is -0.142. The van der Waals surface area contributed by atoms with Crippen molar-refractivity contribution in [2.45, 2.75) is 86.7 Å². The molecule has 1 aliphatic rings. The van der Waals surface area contributed by atoms with Crippen molar-refractivity contribution in [3.63, 3.8) is 0 Å². The quantitative estimate of drug-likeness (QED) is 0.605. The molecule has 0 spiro atoms. The van der Waals surface area contributed by atoms with Crippen LogP contribution in [-0.2, 0) is 14.4 Å². The van der Waals surface area contributed by atoms with Crippen LogP contribution in [0, 0.1) is 29.1 Å². The number of carbonyl (C=O) groups is 3. The summed E-state index contributed by atoms with van der Waals surface area (Å²) in [5.74, 6) is -0.500. The highest BCUT2D eigenvalue weighted by molar-refractivity contribution is 5.90. The normalized spacial score (nSPS) is 24.9. The first kappa shape index (κ1) is 26.2. The van der Waals surface area contributed by atoms with Crippen LogP contribution in [0.5, 0.6) is 0 Å². The van der Waals surface area contributed by atoms with Crippen molar-refractivity contribution in [3.8, 4) is 0 Å². The highest BCUT2D eigenvalue weighted by Gasteiger charge is 2.40. The molecule has 0 bridgehead atoms. The lowest BCUT2D eigenvalue weighted by Crippen LogP contribution is -2.57. The summed E-state index contributed by atoms with van der Waals surface area (Å²) in [6.45, 7) is 15.6. The minimum Gasteiger partial charge on any atom is -0.478 e. The zero-order valence-corrected chi connectivity index (χ0v) is 20.3. The first-order chi connectivity index (χ1) is 13.7. The number of aliphatic carboxylic acids is 1. The molecular weight excluding hydrogens is 380 g/mol. The Labute approximate surface area is 182 Å². The summed E-state index contributed by atoms with van der Waals surface area (Å²) < 4.78 is 0. The maximum atomic E-state index is 13.5. The zero-order valence-electron chi connectivity index (χ0n) is 20.3. The van der Waals surface area contributed by atoms with E-state index in [1.165, 1.54) is 6.92 Å². The summed E-state index contributed by atoms with van der Waals surface area (Å²) in [7, 11) is 1.69. The van der Waals surface area contributed by atoms with Crippen molar-refractivity contribution in [3.05, 3.63) is 11.6 Å². The third-order valence-corrected chi connectivity index (χ3v) is 6.68. The Hall–Kier alpha value is -1.85. The Morgan fingerprint density at radius 2 is 1.70 bits per heavy atom. The van der Waals surface area contributed by atoms with E-state index in [1.54, 1.807) is 18.0 Å². The summed E-state index contributed by atoms with van der Waals surface area (Å²) in [5, 5.41) is 12.3. The molecule has 0 aromatic heterocycles. The van der Waals surface area contributed by atoms with Crippen LogP contribution in [0.25, 0.3) is 0 Å². The lowest BCUT2D eigenvalue weighted by Gasteiger charge is -2.39. The molecule has 0 saturated heterocycles. The second-order valence-electron chi connectivity index (χ2n) is 10.5. The molecule has 172 valence electrons. The van der Waals surface area contributed by atoms with Gasteiger partial charge in [-0.05, 0) is 36.5 Å². The summed E-state index contributed by atoms with van der Waals surface area (Å²) in [4.78, 5) is 39.5. The van der Waals surface area contributed by atoms with E-state index in [1.807, 2.05) is 34.6 Å². The monoisotopic (exact) mass is 422 g/mol. The predicted molar refractivity (Wildman–Crippen MR) is 120 cm³/mol. The Balaban J connectivity index is 3.12. The number of likely N-dealkylation sites (N-methyl/N-ethyl adjacent to an activating group) is 1. The third-order valence-electron chi connectivity index (χ3n) is 6.68. The summed E-state index contributed by atoms with van der Waals surface area (Å²) in [5.41, 5.74) is -0.271. The molecule has 0 aromatic carbocycles. The number of amides is 2. The number of carbonyl (C=O) groups excluding carboxylic acids is 2. The van der Waals surface area contributed by atoms with Gasteiger partial charge in [0.1, 0.15) is 6.04 Å². The minimum atomic E-state index is -0.998. The molecule has 0 radical (unpaired) electrons. The highest BCUT2D eigenvalue weighted by atomic mass is 16.4. The molecule has 6 heteroatoms. The topological polar surface area (TPSA) is 86.7 Å². The van der Waals surface area contributed by atoms with Crippen LogP contribution in [0.2, 0.25) is 0 Å². The SMILES string of the molecule is C/C(=C\[C@H](C(C)C)N(C)C(=O)C(NC(=O)C1CCCC(C)C1C)C(C)(C)C)C(=O)O. The molecule has 1 aliphatic carbocycles. The van der Waals surface area contributed by atoms with Gasteiger partial charge in [-0.2, -0.15) is 0 Å². The molecular formula is C24H42N2O4. The van der Waals surface area contributed by atoms with E-state index in [9.17, 15) is 19.5 Å². The number of hydrogen-bond donors (Lipinski definition) is 2. The number of hydrogen-bond acceptors (Lipinski definition) is 3. The van der Waals surface area contributed by atoms with Gasteiger partial charge in [-0.15, -0.1) is 0 Å². The van der Waals surface area contributed by atoms with Gasteiger partial charge in [-0.25, -0.2) is 4.79 Å². The van der Waals surface area contributed by atoms with E-state index in [2.05, 4.69) is 19.2 Å². The van der Waals surface area contributed by atoms with Gasteiger partial charge in [0.05, 0.1) is 6.04 Å². The summed E-state index contributed by atoms with van der Waals surface area (Å²) in [6.07, 6.45) is 4.65. The third kappa shape index (κ3) is 6.58. The molecule has 30 heavy (non-hydrogen) atoms. The Kier molecular flexibility index (Phi) is 9.12. The molecule has 6 nitrogen and oxygen atoms in total. The van der Waals surface area contributed by atoms with Crippen LogP contribution in [0.1, 0.15) is 74.7 Å². The lowest BCUT2D eigenvalue weighted by atomic mass is 9.73. The smallest absolute Gasteiger partial charge is 0.331 e. The summed E-state index contributed by atoms with van der Waals surface area (Å²) in [6, 6.07) is -1.05. The second kappa shape index (κ2) is 10.5. The second-order valence-corrected chi connectivity index (χ2v) is 10.5. The van der Waals surface area contributed by atoms with Gasteiger partial charge < -0.3 is 15.3 Å². The molecule has 0 heterocycles.